The fourth-order valence-corrected chi connectivity index (χ4v) is 4.53. The van der Waals surface area contributed by atoms with Gasteiger partial charge < -0.3 is 0 Å². The van der Waals surface area contributed by atoms with E-state index in [0.717, 1.165) is 28.3 Å². The van der Waals surface area contributed by atoms with Crippen molar-refractivity contribution in [3.05, 3.63) is 71.4 Å². The zero-order valence-corrected chi connectivity index (χ0v) is 18.8. The number of nitriles is 1. The number of carbonyl (C=O) groups is 1. The van der Waals surface area contributed by atoms with E-state index in [1.165, 1.54) is 10.6 Å². The van der Waals surface area contributed by atoms with Crippen LogP contribution in [-0.2, 0) is 13.6 Å². The number of halogens is 1. The zero-order chi connectivity index (χ0) is 22.0. The van der Waals surface area contributed by atoms with E-state index < -0.39 is 5.78 Å². The molecule has 30 heavy (non-hydrogen) atoms. The number of nitrogens with zero attached hydrogens (tertiary/aromatic N) is 4. The molecule has 3 aromatic rings. The molecule has 0 unspecified atom stereocenters. The fourth-order valence-electron chi connectivity index (χ4n) is 3.23. The van der Waals surface area contributed by atoms with Crippen LogP contribution in [0.2, 0.25) is 5.02 Å². The fraction of sp³-hybridized carbons (Fsp3) is 0.273. The van der Waals surface area contributed by atoms with Crippen LogP contribution in [0.1, 0.15) is 40.7 Å². The van der Waals surface area contributed by atoms with Gasteiger partial charge in [-0.1, -0.05) is 30.7 Å². The van der Waals surface area contributed by atoms with E-state index in [1.54, 1.807) is 29.0 Å². The van der Waals surface area contributed by atoms with Crippen LogP contribution in [0.15, 0.2) is 29.1 Å². The molecular weight excluding hydrogens is 420 g/mol. The van der Waals surface area contributed by atoms with Crippen molar-refractivity contribution in [1.29, 1.82) is 5.26 Å². The van der Waals surface area contributed by atoms with E-state index in [2.05, 4.69) is 5.10 Å². The van der Waals surface area contributed by atoms with Gasteiger partial charge in [0.25, 0.3) is 5.56 Å². The lowest BCUT2D eigenvalue weighted by molar-refractivity contribution is 0.105. The maximum absolute atomic E-state index is 13.1. The standard InChI is InChI=1S/C22H21ClN4O2S/c1-5-9-27-21(29)19(11-17-13(2)25-26(4)14(17)3)30-22(27)18(12-24)20(28)15-7-6-8-16(23)10-15/h6-8,10-11H,5,9H2,1-4H3/b19-11-,22-18+. The summed E-state index contributed by atoms with van der Waals surface area (Å²) in [6.45, 7) is 6.17. The molecule has 0 fully saturated rings. The Kier molecular flexibility index (Phi) is 6.40. The topological polar surface area (TPSA) is 80.7 Å². The number of carbonyl (C=O) groups excluding carboxylic acids is 1. The second-order valence-electron chi connectivity index (χ2n) is 6.91. The van der Waals surface area contributed by atoms with Crippen LogP contribution in [0.25, 0.3) is 11.6 Å². The summed E-state index contributed by atoms with van der Waals surface area (Å²) in [4.78, 5) is 26.1. The average Bonchev–Trinajstić information content (AvgIpc) is 3.14. The lowest BCUT2D eigenvalue weighted by Gasteiger charge is -2.02. The van der Waals surface area contributed by atoms with Gasteiger partial charge >= 0.3 is 0 Å². The highest BCUT2D eigenvalue weighted by atomic mass is 35.5. The minimum atomic E-state index is -0.452. The first-order valence-electron chi connectivity index (χ1n) is 9.44. The lowest BCUT2D eigenvalue weighted by atomic mass is 10.1. The summed E-state index contributed by atoms with van der Waals surface area (Å²) in [7, 11) is 1.85. The average molecular weight is 441 g/mol. The summed E-state index contributed by atoms with van der Waals surface area (Å²) >= 11 is 7.16. The molecule has 1 aromatic carbocycles. The number of rotatable bonds is 5. The van der Waals surface area contributed by atoms with Crippen molar-refractivity contribution in [3.8, 4) is 6.07 Å². The SMILES string of the molecule is CCCn1c(=O)/c(=C/c2c(C)nn(C)c2C)s/c1=C(\C#N)C(=O)c1cccc(Cl)c1. The summed E-state index contributed by atoms with van der Waals surface area (Å²) in [5, 5.41) is 14.6. The second kappa shape index (κ2) is 8.82. The second-order valence-corrected chi connectivity index (χ2v) is 8.37. The van der Waals surface area contributed by atoms with E-state index >= 15 is 0 Å². The molecule has 0 bridgehead atoms. The summed E-state index contributed by atoms with van der Waals surface area (Å²) in [6.07, 6.45) is 2.48. The minimum Gasteiger partial charge on any atom is -0.298 e. The normalized spacial score (nSPS) is 12.7. The molecule has 0 atom stereocenters. The van der Waals surface area contributed by atoms with Crippen molar-refractivity contribution >= 4 is 40.4 Å². The van der Waals surface area contributed by atoms with Gasteiger partial charge in [-0.05, 0) is 38.5 Å². The van der Waals surface area contributed by atoms with Crippen molar-refractivity contribution in [1.82, 2.24) is 14.3 Å². The molecule has 3 rings (SSSR count). The van der Waals surface area contributed by atoms with Gasteiger partial charge in [0.2, 0.25) is 5.78 Å². The van der Waals surface area contributed by atoms with Crippen molar-refractivity contribution in [2.45, 2.75) is 33.7 Å². The van der Waals surface area contributed by atoms with E-state index in [1.807, 2.05) is 33.9 Å². The summed E-state index contributed by atoms with van der Waals surface area (Å²) in [5.41, 5.74) is 2.64. The molecule has 2 aromatic heterocycles. The smallest absolute Gasteiger partial charge is 0.269 e. The molecule has 0 saturated carbocycles. The van der Waals surface area contributed by atoms with Crippen LogP contribution in [0.5, 0.6) is 0 Å². The molecule has 0 spiro atoms. The van der Waals surface area contributed by atoms with E-state index in [-0.39, 0.29) is 11.1 Å². The molecule has 0 aliphatic carbocycles. The summed E-state index contributed by atoms with van der Waals surface area (Å²) in [6, 6.07) is 8.46. The first-order valence-corrected chi connectivity index (χ1v) is 10.6. The van der Waals surface area contributed by atoms with Crippen molar-refractivity contribution in [2.75, 3.05) is 0 Å². The monoisotopic (exact) mass is 440 g/mol. The van der Waals surface area contributed by atoms with Crippen LogP contribution in [0, 0.1) is 25.2 Å². The maximum Gasteiger partial charge on any atom is 0.269 e. The third-order valence-corrected chi connectivity index (χ3v) is 6.20. The Labute approximate surface area is 183 Å². The number of aromatic nitrogens is 3. The Hall–Kier alpha value is -2.95. The van der Waals surface area contributed by atoms with Gasteiger partial charge in [0, 0.05) is 35.4 Å². The Morgan fingerprint density at radius 3 is 2.67 bits per heavy atom. The van der Waals surface area contributed by atoms with Gasteiger partial charge in [0.15, 0.2) is 0 Å². The molecule has 6 nitrogen and oxygen atoms in total. The highest BCUT2D eigenvalue weighted by Gasteiger charge is 2.18. The third kappa shape index (κ3) is 4.02. The number of aryl methyl sites for hydroxylation is 2. The van der Waals surface area contributed by atoms with Gasteiger partial charge in [-0.25, -0.2) is 0 Å². The van der Waals surface area contributed by atoms with Gasteiger partial charge in [-0.2, -0.15) is 10.4 Å². The van der Waals surface area contributed by atoms with E-state index in [0.29, 0.717) is 32.7 Å². The number of ketones is 1. The Bertz CT molecular complexity index is 1360. The quantitative estimate of drug-likeness (QED) is 0.571. The van der Waals surface area contributed by atoms with E-state index in [4.69, 9.17) is 11.6 Å². The number of Topliss-reactive ketones (excluding diaryl/α,β-unsaturated/α-hetero) is 1. The Balaban J connectivity index is 2.32. The predicted octanol–water partition coefficient (Wildman–Crippen LogP) is 2.71. The molecule has 0 saturated heterocycles. The maximum atomic E-state index is 13.1. The van der Waals surface area contributed by atoms with Gasteiger partial charge in [0.1, 0.15) is 16.3 Å². The molecule has 0 aliphatic rings. The largest absolute Gasteiger partial charge is 0.298 e. The molecule has 0 N–H and O–H groups in total. The lowest BCUT2D eigenvalue weighted by Crippen LogP contribution is -2.32. The van der Waals surface area contributed by atoms with Crippen molar-refractivity contribution in [3.63, 3.8) is 0 Å². The van der Waals surface area contributed by atoms with Gasteiger partial charge in [-0.3, -0.25) is 18.8 Å². The molecule has 0 aliphatic heterocycles. The van der Waals surface area contributed by atoms with Crippen molar-refractivity contribution < 1.29 is 4.79 Å². The molecule has 0 radical (unpaired) electrons. The van der Waals surface area contributed by atoms with Gasteiger partial charge in [-0.15, -0.1) is 11.3 Å². The predicted molar refractivity (Wildman–Crippen MR) is 119 cm³/mol. The van der Waals surface area contributed by atoms with Crippen LogP contribution < -0.4 is 14.8 Å². The molecular formula is C22H21ClN4O2S. The van der Waals surface area contributed by atoms with Gasteiger partial charge in [0.05, 0.1) is 10.2 Å². The minimum absolute atomic E-state index is 0.0629. The number of hydrogen-bond donors (Lipinski definition) is 0. The number of hydrogen-bond acceptors (Lipinski definition) is 5. The first-order chi connectivity index (χ1) is 14.3. The molecule has 0 amide bonds. The highest BCUT2D eigenvalue weighted by molar-refractivity contribution is 7.07. The highest BCUT2D eigenvalue weighted by Crippen LogP contribution is 2.15. The molecule has 8 heteroatoms. The van der Waals surface area contributed by atoms with Crippen LogP contribution in [0.4, 0.5) is 0 Å². The van der Waals surface area contributed by atoms with Crippen molar-refractivity contribution in [2.24, 2.45) is 7.05 Å². The van der Waals surface area contributed by atoms with Crippen LogP contribution >= 0.6 is 22.9 Å². The van der Waals surface area contributed by atoms with E-state index in [9.17, 15) is 14.9 Å². The number of thiazole rings is 1. The zero-order valence-electron chi connectivity index (χ0n) is 17.2. The Morgan fingerprint density at radius 1 is 1.37 bits per heavy atom. The van der Waals surface area contributed by atoms with Crippen LogP contribution in [-0.4, -0.2) is 20.1 Å². The Morgan fingerprint density at radius 2 is 2.10 bits per heavy atom. The third-order valence-electron chi connectivity index (χ3n) is 4.83. The molecule has 2 heterocycles. The summed E-state index contributed by atoms with van der Waals surface area (Å²) < 4.78 is 4.10. The summed E-state index contributed by atoms with van der Waals surface area (Å²) in [5.74, 6) is -0.452. The molecule has 154 valence electrons. The van der Waals surface area contributed by atoms with Crippen LogP contribution in [0.3, 0.4) is 0 Å². The number of benzene rings is 1. The first kappa shape index (κ1) is 21.8.